The summed E-state index contributed by atoms with van der Waals surface area (Å²) in [5, 5.41) is 3.16. The Morgan fingerprint density at radius 1 is 1.24 bits per heavy atom. The fourth-order valence-corrected chi connectivity index (χ4v) is 3.49. The second-order valence-corrected chi connectivity index (χ2v) is 6.18. The van der Waals surface area contributed by atoms with Crippen LogP contribution in [-0.4, -0.2) is 31.2 Å². The van der Waals surface area contributed by atoms with Gasteiger partial charge in [-0.05, 0) is 12.1 Å². The molecule has 5 heteroatoms. The molecule has 1 atom stereocenters. The first-order valence-corrected chi connectivity index (χ1v) is 7.61. The minimum atomic E-state index is -2.75. The molecular formula is C12H21N2O2P. The molecule has 96 valence electrons. The van der Waals surface area contributed by atoms with Gasteiger partial charge >= 0.3 is 0 Å². The zero-order valence-corrected chi connectivity index (χ0v) is 11.6. The summed E-state index contributed by atoms with van der Waals surface area (Å²) in [6.07, 6.45) is 0.329. The van der Waals surface area contributed by atoms with Crippen LogP contribution in [0.15, 0.2) is 30.3 Å². The van der Waals surface area contributed by atoms with Gasteiger partial charge in [0.05, 0.1) is 0 Å². The minimum Gasteiger partial charge on any atom is -0.375 e. The third-order valence-electron chi connectivity index (χ3n) is 2.70. The van der Waals surface area contributed by atoms with E-state index in [0.29, 0.717) is 6.29 Å². The Morgan fingerprint density at radius 2 is 1.82 bits per heavy atom. The van der Waals surface area contributed by atoms with Crippen LogP contribution in [0, 0.1) is 0 Å². The number of benzene rings is 1. The predicted octanol–water partition coefficient (Wildman–Crippen LogP) is 3.24. The van der Waals surface area contributed by atoms with Crippen molar-refractivity contribution in [2.45, 2.75) is 13.8 Å². The standard InChI is InChI=1S/C12H21N2O2P/c1-4-14(5-2)17(15,16-3)11-13-12-9-7-6-8-10-12/h6-10,13H,4-5,11H2,1-3H3. The Bertz CT molecular complexity index is 366. The van der Waals surface area contributed by atoms with Crippen molar-refractivity contribution >= 4 is 13.2 Å². The van der Waals surface area contributed by atoms with Crippen LogP contribution in [0.4, 0.5) is 5.69 Å². The highest BCUT2D eigenvalue weighted by Gasteiger charge is 2.27. The minimum absolute atomic E-state index is 0.329. The number of rotatable bonds is 7. The molecule has 0 aliphatic heterocycles. The SMILES string of the molecule is CCN(CC)P(=O)(CNc1ccccc1)OC. The van der Waals surface area contributed by atoms with Gasteiger partial charge in [-0.25, -0.2) is 4.67 Å². The third kappa shape index (κ3) is 3.84. The Morgan fingerprint density at radius 3 is 2.29 bits per heavy atom. The van der Waals surface area contributed by atoms with Crippen molar-refractivity contribution in [3.8, 4) is 0 Å². The van der Waals surface area contributed by atoms with Gasteiger partial charge in [0.1, 0.15) is 6.29 Å². The molecule has 0 bridgehead atoms. The van der Waals surface area contributed by atoms with Gasteiger partial charge in [-0.1, -0.05) is 32.0 Å². The summed E-state index contributed by atoms with van der Waals surface area (Å²) >= 11 is 0. The van der Waals surface area contributed by atoms with Gasteiger partial charge in [0.15, 0.2) is 0 Å². The van der Waals surface area contributed by atoms with Gasteiger partial charge in [0.2, 0.25) is 0 Å². The van der Waals surface area contributed by atoms with E-state index in [1.807, 2.05) is 48.8 Å². The summed E-state index contributed by atoms with van der Waals surface area (Å²) in [4.78, 5) is 0. The first-order valence-electron chi connectivity index (χ1n) is 5.85. The van der Waals surface area contributed by atoms with Crippen LogP contribution < -0.4 is 5.32 Å². The van der Waals surface area contributed by atoms with Crippen molar-refractivity contribution in [3.05, 3.63) is 30.3 Å². The Kier molecular flexibility index (Phi) is 5.69. The van der Waals surface area contributed by atoms with E-state index in [1.54, 1.807) is 0 Å². The highest BCUT2D eigenvalue weighted by molar-refractivity contribution is 7.56. The van der Waals surface area contributed by atoms with Crippen molar-refractivity contribution < 1.29 is 9.09 Å². The molecule has 0 radical (unpaired) electrons. The lowest BCUT2D eigenvalue weighted by Crippen LogP contribution is -2.24. The smallest absolute Gasteiger partial charge is 0.290 e. The zero-order valence-electron chi connectivity index (χ0n) is 10.7. The van der Waals surface area contributed by atoms with Crippen molar-refractivity contribution in [2.24, 2.45) is 0 Å². The van der Waals surface area contributed by atoms with Crippen LogP contribution in [-0.2, 0) is 9.09 Å². The molecule has 0 saturated carbocycles. The van der Waals surface area contributed by atoms with Crippen LogP contribution in [0.5, 0.6) is 0 Å². The summed E-state index contributed by atoms with van der Waals surface area (Å²) in [6, 6.07) is 9.73. The molecule has 1 aromatic carbocycles. The fourth-order valence-electron chi connectivity index (χ4n) is 1.68. The van der Waals surface area contributed by atoms with Crippen LogP contribution in [0.25, 0.3) is 0 Å². The lowest BCUT2D eigenvalue weighted by molar-refractivity contribution is 0.318. The summed E-state index contributed by atoms with van der Waals surface area (Å²) < 4.78 is 19.6. The van der Waals surface area contributed by atoms with Crippen molar-refractivity contribution in [1.29, 1.82) is 0 Å². The molecule has 0 aliphatic carbocycles. The molecule has 1 unspecified atom stereocenters. The van der Waals surface area contributed by atoms with Gasteiger partial charge < -0.3 is 9.84 Å². The number of para-hydroxylation sites is 1. The molecule has 0 fully saturated rings. The van der Waals surface area contributed by atoms with E-state index >= 15 is 0 Å². The van der Waals surface area contributed by atoms with Gasteiger partial charge in [-0.15, -0.1) is 0 Å². The average molecular weight is 256 g/mol. The molecule has 17 heavy (non-hydrogen) atoms. The Labute approximate surface area is 103 Å². The van der Waals surface area contributed by atoms with Crippen molar-refractivity contribution in [2.75, 3.05) is 31.8 Å². The fraction of sp³-hybridized carbons (Fsp3) is 0.500. The quantitative estimate of drug-likeness (QED) is 0.760. The molecular weight excluding hydrogens is 235 g/mol. The molecule has 0 spiro atoms. The Balaban J connectivity index is 2.67. The largest absolute Gasteiger partial charge is 0.375 e. The maximum absolute atomic E-state index is 12.6. The maximum atomic E-state index is 12.6. The molecule has 1 N–H and O–H groups in total. The van der Waals surface area contributed by atoms with Gasteiger partial charge in [0, 0.05) is 25.9 Å². The number of anilines is 1. The summed E-state index contributed by atoms with van der Waals surface area (Å²) in [7, 11) is -1.25. The molecule has 0 aliphatic rings. The predicted molar refractivity (Wildman–Crippen MR) is 72.5 cm³/mol. The maximum Gasteiger partial charge on any atom is 0.290 e. The number of hydrogen-bond donors (Lipinski definition) is 1. The van der Waals surface area contributed by atoms with Crippen LogP contribution >= 0.6 is 7.52 Å². The molecule has 1 rings (SSSR count). The van der Waals surface area contributed by atoms with E-state index < -0.39 is 7.52 Å². The molecule has 0 saturated heterocycles. The number of nitrogens with one attached hydrogen (secondary N) is 1. The topological polar surface area (TPSA) is 41.6 Å². The van der Waals surface area contributed by atoms with Gasteiger partial charge in [-0.2, -0.15) is 0 Å². The molecule has 0 amide bonds. The second kappa shape index (κ2) is 6.80. The summed E-state index contributed by atoms with van der Waals surface area (Å²) in [5.74, 6) is 0. The lowest BCUT2D eigenvalue weighted by atomic mass is 10.3. The van der Waals surface area contributed by atoms with Crippen molar-refractivity contribution in [3.63, 3.8) is 0 Å². The summed E-state index contributed by atoms with van der Waals surface area (Å²) in [6.45, 7) is 5.41. The number of nitrogens with zero attached hydrogens (tertiary/aromatic N) is 1. The molecule has 4 nitrogen and oxygen atoms in total. The van der Waals surface area contributed by atoms with E-state index in [9.17, 15) is 4.57 Å². The number of hydrogen-bond acceptors (Lipinski definition) is 3. The highest BCUT2D eigenvalue weighted by Crippen LogP contribution is 2.49. The second-order valence-electron chi connectivity index (χ2n) is 3.66. The molecule has 0 heterocycles. The van der Waals surface area contributed by atoms with E-state index in [0.717, 1.165) is 18.8 Å². The van der Waals surface area contributed by atoms with E-state index in [2.05, 4.69) is 5.32 Å². The van der Waals surface area contributed by atoms with Crippen LogP contribution in [0.3, 0.4) is 0 Å². The van der Waals surface area contributed by atoms with E-state index in [4.69, 9.17) is 4.52 Å². The monoisotopic (exact) mass is 256 g/mol. The summed E-state index contributed by atoms with van der Waals surface area (Å²) in [5.41, 5.74) is 0.955. The normalized spacial score (nSPS) is 14.6. The van der Waals surface area contributed by atoms with Gasteiger partial charge in [0.25, 0.3) is 7.52 Å². The third-order valence-corrected chi connectivity index (χ3v) is 5.26. The van der Waals surface area contributed by atoms with Crippen LogP contribution in [0.1, 0.15) is 13.8 Å². The lowest BCUT2D eigenvalue weighted by Gasteiger charge is -2.28. The Hall–Kier alpha value is -0.830. The van der Waals surface area contributed by atoms with E-state index in [-0.39, 0.29) is 0 Å². The first kappa shape index (κ1) is 14.2. The van der Waals surface area contributed by atoms with Crippen molar-refractivity contribution in [1.82, 2.24) is 4.67 Å². The highest BCUT2D eigenvalue weighted by atomic mass is 31.2. The van der Waals surface area contributed by atoms with Gasteiger partial charge in [-0.3, -0.25) is 4.57 Å². The average Bonchev–Trinajstić information content (AvgIpc) is 2.39. The first-order chi connectivity index (χ1) is 8.16. The zero-order chi connectivity index (χ0) is 12.7. The van der Waals surface area contributed by atoms with Crippen LogP contribution in [0.2, 0.25) is 0 Å². The molecule has 1 aromatic rings. The van der Waals surface area contributed by atoms with E-state index in [1.165, 1.54) is 7.11 Å². The molecule has 0 aromatic heterocycles.